The molecule has 216 valence electrons. The van der Waals surface area contributed by atoms with E-state index in [-0.39, 0.29) is 42.8 Å². The number of carbonyl (C=O) groups is 3. The minimum atomic E-state index is -1.60. The van der Waals surface area contributed by atoms with Gasteiger partial charge < -0.3 is 34.5 Å². The van der Waals surface area contributed by atoms with Crippen molar-refractivity contribution in [1.29, 1.82) is 0 Å². The number of ether oxygens (including phenoxy) is 3. The molecule has 0 amide bonds. The van der Waals surface area contributed by atoms with Crippen LogP contribution >= 0.6 is 0 Å². The Balaban J connectivity index is 1.68. The van der Waals surface area contributed by atoms with Gasteiger partial charge in [-0.25, -0.2) is 9.59 Å². The third-order valence-electron chi connectivity index (χ3n) is 9.17. The van der Waals surface area contributed by atoms with E-state index in [1.165, 1.54) is 14.0 Å². The smallest absolute Gasteiger partial charge is 0.355 e. The third kappa shape index (κ3) is 5.70. The van der Waals surface area contributed by atoms with Crippen molar-refractivity contribution in [1.82, 2.24) is 4.98 Å². The van der Waals surface area contributed by atoms with Crippen molar-refractivity contribution >= 4 is 17.7 Å². The maximum absolute atomic E-state index is 13.7. The van der Waals surface area contributed by atoms with E-state index in [1.54, 1.807) is 38.3 Å². The molecule has 1 aliphatic heterocycles. The van der Waals surface area contributed by atoms with Gasteiger partial charge in [-0.05, 0) is 56.7 Å². The van der Waals surface area contributed by atoms with E-state index in [9.17, 15) is 29.7 Å². The fourth-order valence-electron chi connectivity index (χ4n) is 6.87. The SMILES string of the molecule is CO[C@H]1C[C@H]2C(=O)C[C@@H]([C@H]3C[C@H](O)[C@@H](C)[C@H]3OC(=O)c3ccc[nH]3)C[C@]2(O)/C(C)=C/[C@@H](C)[C@@H]([C@@H](C)O)OC1=O. The number of aromatic nitrogens is 1. The van der Waals surface area contributed by atoms with Crippen molar-refractivity contribution in [3.05, 3.63) is 35.7 Å². The second-order valence-corrected chi connectivity index (χ2v) is 11.7. The van der Waals surface area contributed by atoms with Crippen LogP contribution in [-0.4, -0.2) is 81.3 Å². The lowest BCUT2D eigenvalue weighted by Crippen LogP contribution is -2.54. The summed E-state index contributed by atoms with van der Waals surface area (Å²) in [5, 5.41) is 33.3. The van der Waals surface area contributed by atoms with E-state index < -0.39 is 59.9 Å². The van der Waals surface area contributed by atoms with Crippen molar-refractivity contribution in [2.75, 3.05) is 7.11 Å². The van der Waals surface area contributed by atoms with Gasteiger partial charge in [-0.3, -0.25) is 4.79 Å². The number of hydrogen-bond acceptors (Lipinski definition) is 9. The first kappa shape index (κ1) is 29.5. The molecule has 2 saturated carbocycles. The lowest BCUT2D eigenvalue weighted by atomic mass is 9.61. The fourth-order valence-corrected chi connectivity index (χ4v) is 6.87. The number of aromatic amines is 1. The van der Waals surface area contributed by atoms with Crippen molar-refractivity contribution in [3.8, 4) is 0 Å². The van der Waals surface area contributed by atoms with Crippen molar-refractivity contribution < 1.29 is 43.9 Å². The van der Waals surface area contributed by atoms with Crippen LogP contribution in [0, 0.1) is 29.6 Å². The first-order chi connectivity index (χ1) is 18.4. The maximum atomic E-state index is 13.7. The molecule has 1 aromatic rings. The lowest BCUT2D eigenvalue weighted by Gasteiger charge is -2.47. The molecule has 11 atom stereocenters. The quantitative estimate of drug-likeness (QED) is 0.321. The molecule has 2 aliphatic carbocycles. The molecular weight excluding hydrogens is 506 g/mol. The zero-order valence-corrected chi connectivity index (χ0v) is 23.2. The van der Waals surface area contributed by atoms with Gasteiger partial charge >= 0.3 is 11.9 Å². The number of rotatable bonds is 5. The molecule has 4 N–H and O–H groups in total. The summed E-state index contributed by atoms with van der Waals surface area (Å²) in [5.41, 5.74) is -0.759. The van der Waals surface area contributed by atoms with Crippen LogP contribution in [0.25, 0.3) is 0 Å². The summed E-state index contributed by atoms with van der Waals surface area (Å²) in [4.78, 5) is 42.3. The van der Waals surface area contributed by atoms with Crippen LogP contribution in [-0.2, 0) is 23.8 Å². The highest BCUT2D eigenvalue weighted by atomic mass is 16.6. The highest BCUT2D eigenvalue weighted by Crippen LogP contribution is 2.50. The fraction of sp³-hybridized carbons (Fsp3) is 0.690. The summed E-state index contributed by atoms with van der Waals surface area (Å²) in [6, 6.07) is 3.30. The van der Waals surface area contributed by atoms with Gasteiger partial charge in [0.25, 0.3) is 0 Å². The molecule has 0 saturated heterocycles. The van der Waals surface area contributed by atoms with Gasteiger partial charge in [0, 0.05) is 37.5 Å². The van der Waals surface area contributed by atoms with Crippen LogP contribution in [0.3, 0.4) is 0 Å². The average Bonchev–Trinajstić information content (AvgIpc) is 3.51. The van der Waals surface area contributed by atoms with Crippen LogP contribution in [0.1, 0.15) is 63.9 Å². The number of carbonyl (C=O) groups excluding carboxylic acids is 3. The topological polar surface area (TPSA) is 155 Å². The number of aliphatic hydroxyl groups excluding tert-OH is 2. The first-order valence-corrected chi connectivity index (χ1v) is 13.7. The van der Waals surface area contributed by atoms with E-state index in [0.717, 1.165) is 0 Å². The van der Waals surface area contributed by atoms with Crippen LogP contribution in [0.4, 0.5) is 0 Å². The molecule has 0 bridgehead atoms. The van der Waals surface area contributed by atoms with Crippen LogP contribution < -0.4 is 0 Å². The largest absolute Gasteiger partial charge is 0.457 e. The lowest BCUT2D eigenvalue weighted by molar-refractivity contribution is -0.173. The number of fused-ring (bicyclic) bond motifs is 1. The molecular formula is C29H41NO9. The number of ketones is 1. The Hall–Kier alpha value is -2.53. The van der Waals surface area contributed by atoms with Crippen LogP contribution in [0.5, 0.6) is 0 Å². The number of methoxy groups -OCH3 is 1. The molecule has 0 aromatic carbocycles. The third-order valence-corrected chi connectivity index (χ3v) is 9.17. The molecule has 0 spiro atoms. The number of H-pyrrole nitrogens is 1. The summed E-state index contributed by atoms with van der Waals surface area (Å²) in [5.74, 6) is -3.89. The number of aliphatic hydroxyl groups is 3. The van der Waals surface area contributed by atoms with Gasteiger partial charge in [0.05, 0.1) is 23.7 Å². The van der Waals surface area contributed by atoms with Gasteiger partial charge in [0.1, 0.15) is 23.7 Å². The Morgan fingerprint density at radius 1 is 1.26 bits per heavy atom. The number of nitrogens with one attached hydrogen (secondary N) is 1. The van der Waals surface area contributed by atoms with Crippen molar-refractivity contribution in [3.63, 3.8) is 0 Å². The molecule has 2 fully saturated rings. The van der Waals surface area contributed by atoms with Gasteiger partial charge in [-0.2, -0.15) is 0 Å². The summed E-state index contributed by atoms with van der Waals surface area (Å²) in [6.07, 6.45) is -0.344. The Bertz CT molecular complexity index is 1080. The summed E-state index contributed by atoms with van der Waals surface area (Å²) in [7, 11) is 1.35. The van der Waals surface area contributed by atoms with E-state index >= 15 is 0 Å². The normalized spacial score (nSPS) is 41.6. The van der Waals surface area contributed by atoms with Gasteiger partial charge in [-0.15, -0.1) is 0 Å². The molecule has 2 heterocycles. The zero-order chi connectivity index (χ0) is 28.6. The maximum Gasteiger partial charge on any atom is 0.355 e. The summed E-state index contributed by atoms with van der Waals surface area (Å²) >= 11 is 0. The van der Waals surface area contributed by atoms with Gasteiger partial charge in [0.2, 0.25) is 0 Å². The molecule has 10 nitrogen and oxygen atoms in total. The Labute approximate surface area is 228 Å². The Morgan fingerprint density at radius 2 is 1.97 bits per heavy atom. The number of esters is 2. The molecule has 3 aliphatic rings. The van der Waals surface area contributed by atoms with E-state index in [4.69, 9.17) is 14.2 Å². The van der Waals surface area contributed by atoms with E-state index in [0.29, 0.717) is 17.7 Å². The molecule has 0 unspecified atom stereocenters. The van der Waals surface area contributed by atoms with Gasteiger partial charge in [0.15, 0.2) is 6.10 Å². The van der Waals surface area contributed by atoms with Crippen molar-refractivity contribution in [2.24, 2.45) is 29.6 Å². The average molecular weight is 548 g/mol. The molecule has 4 rings (SSSR count). The number of Topliss-reactive ketones (excluding diaryl/α,β-unsaturated/α-hetero) is 1. The minimum absolute atomic E-state index is 0.0710. The molecule has 10 heteroatoms. The van der Waals surface area contributed by atoms with Crippen LogP contribution in [0.2, 0.25) is 0 Å². The predicted octanol–water partition coefficient (Wildman–Crippen LogP) is 2.18. The summed E-state index contributed by atoms with van der Waals surface area (Å²) in [6.45, 7) is 6.88. The van der Waals surface area contributed by atoms with Crippen molar-refractivity contribution in [2.45, 2.75) is 89.5 Å². The molecule has 39 heavy (non-hydrogen) atoms. The zero-order valence-electron chi connectivity index (χ0n) is 23.2. The van der Waals surface area contributed by atoms with Gasteiger partial charge in [-0.1, -0.05) is 19.9 Å². The Kier molecular flexibility index (Phi) is 8.70. The van der Waals surface area contributed by atoms with Crippen LogP contribution in [0.15, 0.2) is 30.0 Å². The predicted molar refractivity (Wildman–Crippen MR) is 139 cm³/mol. The molecule has 0 radical (unpaired) electrons. The second kappa shape index (κ2) is 11.5. The monoisotopic (exact) mass is 547 g/mol. The second-order valence-electron chi connectivity index (χ2n) is 11.7. The first-order valence-electron chi connectivity index (χ1n) is 13.7. The number of cyclic esters (lactones) is 1. The van der Waals surface area contributed by atoms with E-state index in [2.05, 4.69) is 4.98 Å². The number of hydrogen-bond donors (Lipinski definition) is 4. The Morgan fingerprint density at radius 3 is 2.59 bits per heavy atom. The highest BCUT2D eigenvalue weighted by molar-refractivity contribution is 5.87. The molecule has 1 aromatic heterocycles. The minimum Gasteiger partial charge on any atom is -0.457 e. The highest BCUT2D eigenvalue weighted by Gasteiger charge is 2.55. The van der Waals surface area contributed by atoms with E-state index in [1.807, 2.05) is 6.92 Å². The standard InChI is InChI=1S/C29H41NO9/c1-14-9-15(2)29(36)13-18(10-23(33)20(29)12-24(37-5)28(35)38-25(14)17(4)31)19-11-22(32)16(3)26(19)39-27(34)21-7-6-8-30-21/h6-9,14,16-20,22,24-26,30-32,36H,10-13H2,1-5H3/b15-9+/t14-,16-,17-,18-,19-,20+,22+,24+,25+,26-,29+/m1/s1. The summed E-state index contributed by atoms with van der Waals surface area (Å²) < 4.78 is 16.8.